The van der Waals surface area contributed by atoms with Crippen molar-refractivity contribution < 1.29 is 14.3 Å². The quantitative estimate of drug-likeness (QED) is 0.753. The van der Waals surface area contributed by atoms with Gasteiger partial charge >= 0.3 is 5.97 Å². The lowest BCUT2D eigenvalue weighted by molar-refractivity contribution is -0.153. The van der Waals surface area contributed by atoms with Crippen LogP contribution in [-0.4, -0.2) is 30.2 Å². The molecular formula is C13H16O3S. The lowest BCUT2D eigenvalue weighted by Crippen LogP contribution is -2.21. The van der Waals surface area contributed by atoms with Crippen molar-refractivity contribution in [3.63, 3.8) is 0 Å². The minimum Gasteiger partial charge on any atom is -0.460 e. The molecule has 4 heteroatoms. The normalized spacial score (nSPS) is 19.2. The SMILES string of the molecule is O=C(COCc1ccccc1)O[C@H]1CCSC1. The average Bonchev–Trinajstić information content (AvgIpc) is 2.83. The Bertz CT molecular complexity index is 347. The number of hydrogen-bond donors (Lipinski definition) is 0. The molecule has 3 nitrogen and oxygen atoms in total. The fraction of sp³-hybridized carbons (Fsp3) is 0.462. The summed E-state index contributed by atoms with van der Waals surface area (Å²) in [6.07, 6.45) is 1.06. The van der Waals surface area contributed by atoms with E-state index >= 15 is 0 Å². The molecule has 0 aliphatic carbocycles. The molecule has 1 aliphatic heterocycles. The van der Waals surface area contributed by atoms with Crippen molar-refractivity contribution in [1.29, 1.82) is 0 Å². The number of carbonyl (C=O) groups excluding carboxylic acids is 1. The molecule has 1 fully saturated rings. The molecule has 1 aliphatic rings. The van der Waals surface area contributed by atoms with Crippen LogP contribution in [0.3, 0.4) is 0 Å². The second-order valence-electron chi connectivity index (χ2n) is 3.95. The predicted molar refractivity (Wildman–Crippen MR) is 67.9 cm³/mol. The zero-order valence-electron chi connectivity index (χ0n) is 9.63. The minimum absolute atomic E-state index is 0.0378. The second kappa shape index (κ2) is 6.67. The van der Waals surface area contributed by atoms with Gasteiger partial charge in [-0.3, -0.25) is 0 Å². The third-order valence-electron chi connectivity index (χ3n) is 2.52. The van der Waals surface area contributed by atoms with E-state index in [-0.39, 0.29) is 18.7 Å². The van der Waals surface area contributed by atoms with Gasteiger partial charge in [-0.15, -0.1) is 0 Å². The number of ether oxygens (including phenoxy) is 2. The summed E-state index contributed by atoms with van der Waals surface area (Å²) in [7, 11) is 0. The van der Waals surface area contributed by atoms with Crippen LogP contribution in [0.2, 0.25) is 0 Å². The summed E-state index contributed by atoms with van der Waals surface area (Å²) in [5.74, 6) is 1.75. The van der Waals surface area contributed by atoms with Gasteiger partial charge in [-0.05, 0) is 17.7 Å². The number of rotatable bonds is 5. The first-order valence-corrected chi connectivity index (χ1v) is 6.89. The monoisotopic (exact) mass is 252 g/mol. The Morgan fingerprint density at radius 3 is 2.88 bits per heavy atom. The third kappa shape index (κ3) is 4.40. The zero-order chi connectivity index (χ0) is 11.9. The smallest absolute Gasteiger partial charge is 0.332 e. The first kappa shape index (κ1) is 12.5. The summed E-state index contributed by atoms with van der Waals surface area (Å²) in [6.45, 7) is 0.491. The summed E-state index contributed by atoms with van der Waals surface area (Å²) in [4.78, 5) is 11.4. The Morgan fingerprint density at radius 1 is 1.35 bits per heavy atom. The summed E-state index contributed by atoms with van der Waals surface area (Å²) in [5, 5.41) is 0. The van der Waals surface area contributed by atoms with Crippen molar-refractivity contribution in [3.05, 3.63) is 35.9 Å². The van der Waals surface area contributed by atoms with Crippen LogP contribution in [0.25, 0.3) is 0 Å². The maximum Gasteiger partial charge on any atom is 0.332 e. The lowest BCUT2D eigenvalue weighted by atomic mass is 10.2. The zero-order valence-corrected chi connectivity index (χ0v) is 10.4. The highest BCUT2D eigenvalue weighted by Crippen LogP contribution is 2.19. The summed E-state index contributed by atoms with van der Waals surface area (Å²) >= 11 is 1.83. The van der Waals surface area contributed by atoms with E-state index in [1.807, 2.05) is 42.1 Å². The molecule has 1 saturated heterocycles. The van der Waals surface area contributed by atoms with Crippen LogP contribution < -0.4 is 0 Å². The van der Waals surface area contributed by atoms with Gasteiger partial charge in [0.25, 0.3) is 0 Å². The molecule has 1 atom stereocenters. The second-order valence-corrected chi connectivity index (χ2v) is 5.10. The molecule has 0 saturated carbocycles. The van der Waals surface area contributed by atoms with Gasteiger partial charge in [-0.2, -0.15) is 11.8 Å². The molecule has 0 N–H and O–H groups in total. The van der Waals surface area contributed by atoms with Crippen molar-refractivity contribution in [1.82, 2.24) is 0 Å². The molecule has 1 aromatic rings. The predicted octanol–water partition coefficient (Wildman–Crippen LogP) is 2.25. The fourth-order valence-corrected chi connectivity index (χ4v) is 2.75. The Hall–Kier alpha value is -1.000. The van der Waals surface area contributed by atoms with E-state index in [4.69, 9.17) is 9.47 Å². The van der Waals surface area contributed by atoms with Gasteiger partial charge in [0.05, 0.1) is 6.61 Å². The van der Waals surface area contributed by atoms with Crippen LogP contribution in [0, 0.1) is 0 Å². The van der Waals surface area contributed by atoms with Gasteiger partial charge in [0, 0.05) is 5.75 Å². The highest BCUT2D eigenvalue weighted by atomic mass is 32.2. The Labute approximate surface area is 105 Å². The fourth-order valence-electron chi connectivity index (χ4n) is 1.65. The Balaban J connectivity index is 1.63. The van der Waals surface area contributed by atoms with Crippen LogP contribution in [-0.2, 0) is 20.9 Å². The molecule has 0 unspecified atom stereocenters. The largest absolute Gasteiger partial charge is 0.460 e. The van der Waals surface area contributed by atoms with Gasteiger partial charge in [0.1, 0.15) is 12.7 Å². The van der Waals surface area contributed by atoms with Crippen molar-refractivity contribution in [2.24, 2.45) is 0 Å². The molecule has 1 aromatic carbocycles. The van der Waals surface area contributed by atoms with Crippen molar-refractivity contribution in [3.8, 4) is 0 Å². The third-order valence-corrected chi connectivity index (χ3v) is 3.65. The standard InChI is InChI=1S/C13H16O3S/c14-13(16-12-6-7-17-10-12)9-15-8-11-4-2-1-3-5-11/h1-5,12H,6-10H2/t12-/m0/s1. The first-order chi connectivity index (χ1) is 8.34. The van der Waals surface area contributed by atoms with E-state index in [1.54, 1.807) is 0 Å². The molecule has 17 heavy (non-hydrogen) atoms. The molecule has 1 heterocycles. The van der Waals surface area contributed by atoms with Crippen molar-refractivity contribution in [2.45, 2.75) is 19.1 Å². The maximum absolute atomic E-state index is 11.4. The van der Waals surface area contributed by atoms with Crippen LogP contribution in [0.4, 0.5) is 0 Å². The van der Waals surface area contributed by atoms with Crippen LogP contribution >= 0.6 is 11.8 Å². The van der Waals surface area contributed by atoms with Crippen molar-refractivity contribution in [2.75, 3.05) is 18.1 Å². The summed E-state index contributed by atoms with van der Waals surface area (Å²) in [5.41, 5.74) is 1.07. The van der Waals surface area contributed by atoms with Crippen LogP contribution in [0.1, 0.15) is 12.0 Å². The maximum atomic E-state index is 11.4. The van der Waals surface area contributed by atoms with Crippen molar-refractivity contribution >= 4 is 17.7 Å². The molecule has 0 aromatic heterocycles. The molecule has 0 amide bonds. The van der Waals surface area contributed by atoms with E-state index in [2.05, 4.69) is 0 Å². The number of carbonyl (C=O) groups is 1. The van der Waals surface area contributed by atoms with Gasteiger partial charge in [-0.25, -0.2) is 4.79 Å². The molecule has 2 rings (SSSR count). The first-order valence-electron chi connectivity index (χ1n) is 5.73. The average molecular weight is 252 g/mol. The van der Waals surface area contributed by atoms with Gasteiger partial charge < -0.3 is 9.47 Å². The van der Waals surface area contributed by atoms with Crippen LogP contribution in [0.15, 0.2) is 30.3 Å². The molecular weight excluding hydrogens is 236 g/mol. The van der Waals surface area contributed by atoms with E-state index in [0.717, 1.165) is 23.5 Å². The van der Waals surface area contributed by atoms with E-state index < -0.39 is 0 Å². The van der Waals surface area contributed by atoms with E-state index in [9.17, 15) is 4.79 Å². The number of thioether (sulfide) groups is 1. The number of hydrogen-bond acceptors (Lipinski definition) is 4. The Morgan fingerprint density at radius 2 is 2.18 bits per heavy atom. The summed E-state index contributed by atoms with van der Waals surface area (Å²) in [6, 6.07) is 9.80. The lowest BCUT2D eigenvalue weighted by Gasteiger charge is -2.10. The number of benzene rings is 1. The van der Waals surface area contributed by atoms with E-state index in [0.29, 0.717) is 6.61 Å². The van der Waals surface area contributed by atoms with Gasteiger partial charge in [0.2, 0.25) is 0 Å². The van der Waals surface area contributed by atoms with Gasteiger partial charge in [0.15, 0.2) is 0 Å². The highest BCUT2D eigenvalue weighted by molar-refractivity contribution is 7.99. The number of esters is 1. The summed E-state index contributed by atoms with van der Waals surface area (Å²) < 4.78 is 10.6. The molecule has 0 spiro atoms. The molecule has 0 bridgehead atoms. The minimum atomic E-state index is -0.256. The Kier molecular flexibility index (Phi) is 4.88. The van der Waals surface area contributed by atoms with E-state index in [1.165, 1.54) is 0 Å². The highest BCUT2D eigenvalue weighted by Gasteiger charge is 2.19. The van der Waals surface area contributed by atoms with Crippen LogP contribution in [0.5, 0.6) is 0 Å². The molecule has 92 valence electrons. The molecule has 0 radical (unpaired) electrons. The topological polar surface area (TPSA) is 35.5 Å². The van der Waals surface area contributed by atoms with Gasteiger partial charge in [-0.1, -0.05) is 30.3 Å².